The Hall–Kier alpha value is -7.89. The van der Waals surface area contributed by atoms with Gasteiger partial charge in [0.2, 0.25) is 0 Å². The average molecular weight is 742 g/mol. The standard InChI is InChI=1S/C53H31N3O2/c1-2-13-32(14-3-1)43-31-35-28-27-34(30-44(35)38-18-5-4-17-37(38)43)33-15-10-16-36(29-33)51-54-52(41-21-11-25-47-49(41)39-19-6-8-23-45(39)57-47)56-53(55-51)42-22-12-26-48-50(42)40-20-7-9-24-46(40)58-48/h1-31H. The highest BCUT2D eigenvalue weighted by Gasteiger charge is 2.21. The van der Waals surface area contributed by atoms with Crippen LogP contribution in [0.4, 0.5) is 0 Å². The van der Waals surface area contributed by atoms with Crippen molar-refractivity contribution in [3.63, 3.8) is 0 Å². The van der Waals surface area contributed by atoms with Gasteiger partial charge in [-0.2, -0.15) is 0 Å². The Kier molecular flexibility index (Phi) is 7.16. The van der Waals surface area contributed by atoms with Crippen molar-refractivity contribution in [1.82, 2.24) is 15.0 Å². The first-order valence-electron chi connectivity index (χ1n) is 19.4. The van der Waals surface area contributed by atoms with Crippen LogP contribution in [0.1, 0.15) is 0 Å². The van der Waals surface area contributed by atoms with Gasteiger partial charge in [-0.1, -0.05) is 146 Å². The third kappa shape index (κ3) is 5.14. The predicted molar refractivity (Wildman–Crippen MR) is 237 cm³/mol. The van der Waals surface area contributed by atoms with Gasteiger partial charge >= 0.3 is 0 Å². The molecular weight excluding hydrogens is 711 g/mol. The molecule has 5 nitrogen and oxygen atoms in total. The van der Waals surface area contributed by atoms with Crippen LogP contribution >= 0.6 is 0 Å². The Balaban J connectivity index is 1.06. The Morgan fingerprint density at radius 3 is 1.45 bits per heavy atom. The molecule has 0 aliphatic carbocycles. The van der Waals surface area contributed by atoms with Crippen molar-refractivity contribution in [2.24, 2.45) is 0 Å². The Morgan fingerprint density at radius 2 is 0.776 bits per heavy atom. The van der Waals surface area contributed by atoms with Crippen molar-refractivity contribution >= 4 is 65.4 Å². The first kappa shape index (κ1) is 32.4. The summed E-state index contributed by atoms with van der Waals surface area (Å²) >= 11 is 0. The molecule has 0 saturated heterocycles. The fraction of sp³-hybridized carbons (Fsp3) is 0. The highest BCUT2D eigenvalue weighted by atomic mass is 16.3. The number of aromatic nitrogens is 3. The van der Waals surface area contributed by atoms with Crippen molar-refractivity contribution in [2.45, 2.75) is 0 Å². The van der Waals surface area contributed by atoms with E-state index in [1.54, 1.807) is 0 Å². The molecule has 9 aromatic carbocycles. The quantitative estimate of drug-likeness (QED) is 0.164. The molecule has 58 heavy (non-hydrogen) atoms. The normalized spacial score (nSPS) is 11.8. The van der Waals surface area contributed by atoms with E-state index in [0.717, 1.165) is 71.7 Å². The van der Waals surface area contributed by atoms with Crippen molar-refractivity contribution in [1.29, 1.82) is 0 Å². The van der Waals surface area contributed by atoms with E-state index in [2.05, 4.69) is 127 Å². The van der Waals surface area contributed by atoms with Crippen molar-refractivity contribution in [3.05, 3.63) is 188 Å². The van der Waals surface area contributed by atoms with E-state index in [9.17, 15) is 0 Å². The second-order valence-corrected chi connectivity index (χ2v) is 14.7. The SMILES string of the molecule is c1ccc(-c2cc3ccc(-c4cccc(-c5nc(-c6cccc7oc8ccccc8c67)nc(-c6cccc7oc8ccccc8c67)n5)c4)cc3c3ccccc23)cc1. The van der Waals surface area contributed by atoms with Crippen LogP contribution in [0.25, 0.3) is 122 Å². The maximum absolute atomic E-state index is 6.31. The van der Waals surface area contributed by atoms with E-state index in [1.165, 1.54) is 32.7 Å². The van der Waals surface area contributed by atoms with Gasteiger partial charge < -0.3 is 8.83 Å². The number of nitrogens with zero attached hydrogens (tertiary/aromatic N) is 3. The summed E-state index contributed by atoms with van der Waals surface area (Å²) in [5.74, 6) is 1.72. The van der Waals surface area contributed by atoms with Crippen LogP contribution in [0.5, 0.6) is 0 Å². The van der Waals surface area contributed by atoms with Gasteiger partial charge in [-0.15, -0.1) is 0 Å². The molecule has 0 aliphatic rings. The lowest BCUT2D eigenvalue weighted by Crippen LogP contribution is -2.01. The highest BCUT2D eigenvalue weighted by Crippen LogP contribution is 2.41. The fourth-order valence-corrected chi connectivity index (χ4v) is 8.64. The molecule has 0 spiro atoms. The average Bonchev–Trinajstić information content (AvgIpc) is 3.88. The number of rotatable bonds is 5. The number of hydrogen-bond acceptors (Lipinski definition) is 5. The van der Waals surface area contributed by atoms with Gasteiger partial charge in [-0.25, -0.2) is 15.0 Å². The molecule has 12 rings (SSSR count). The Bertz CT molecular complexity index is 3450. The summed E-state index contributed by atoms with van der Waals surface area (Å²) < 4.78 is 12.6. The van der Waals surface area contributed by atoms with Crippen LogP contribution in [0.2, 0.25) is 0 Å². The summed E-state index contributed by atoms with van der Waals surface area (Å²) in [5.41, 5.74) is 10.5. The number of furan rings is 2. The molecule has 270 valence electrons. The molecular formula is C53H31N3O2. The smallest absolute Gasteiger partial charge is 0.164 e. The van der Waals surface area contributed by atoms with E-state index < -0.39 is 0 Å². The fourth-order valence-electron chi connectivity index (χ4n) is 8.64. The van der Waals surface area contributed by atoms with Gasteiger partial charge in [0.1, 0.15) is 22.3 Å². The van der Waals surface area contributed by atoms with Crippen LogP contribution in [-0.4, -0.2) is 15.0 Å². The summed E-state index contributed by atoms with van der Waals surface area (Å²) in [6.45, 7) is 0. The summed E-state index contributed by atoms with van der Waals surface area (Å²) in [5, 5.41) is 8.85. The molecule has 0 aliphatic heterocycles. The van der Waals surface area contributed by atoms with Crippen LogP contribution < -0.4 is 0 Å². The van der Waals surface area contributed by atoms with Gasteiger partial charge in [0.15, 0.2) is 17.5 Å². The molecule has 0 saturated carbocycles. The molecule has 0 amide bonds. The van der Waals surface area contributed by atoms with Crippen LogP contribution in [-0.2, 0) is 0 Å². The highest BCUT2D eigenvalue weighted by molar-refractivity contribution is 6.15. The largest absolute Gasteiger partial charge is 0.456 e. The van der Waals surface area contributed by atoms with E-state index in [1.807, 2.05) is 60.7 Å². The summed E-state index contributed by atoms with van der Waals surface area (Å²) in [7, 11) is 0. The maximum Gasteiger partial charge on any atom is 0.164 e. The second kappa shape index (κ2) is 12.8. The van der Waals surface area contributed by atoms with Crippen molar-refractivity contribution in [3.8, 4) is 56.4 Å². The molecule has 0 N–H and O–H groups in total. The minimum absolute atomic E-state index is 0.568. The number of fused-ring (bicyclic) bond motifs is 9. The summed E-state index contributed by atoms with van der Waals surface area (Å²) in [6.07, 6.45) is 0. The van der Waals surface area contributed by atoms with Crippen LogP contribution in [0.3, 0.4) is 0 Å². The van der Waals surface area contributed by atoms with E-state index in [-0.39, 0.29) is 0 Å². The minimum atomic E-state index is 0.568. The lowest BCUT2D eigenvalue weighted by Gasteiger charge is -2.13. The first-order chi connectivity index (χ1) is 28.7. The van der Waals surface area contributed by atoms with Gasteiger partial charge in [-0.3, -0.25) is 0 Å². The topological polar surface area (TPSA) is 65.0 Å². The zero-order chi connectivity index (χ0) is 38.2. The minimum Gasteiger partial charge on any atom is -0.456 e. The van der Waals surface area contributed by atoms with Gasteiger partial charge in [0.05, 0.1) is 0 Å². The number of hydrogen-bond donors (Lipinski definition) is 0. The first-order valence-corrected chi connectivity index (χ1v) is 19.4. The van der Waals surface area contributed by atoms with Gasteiger partial charge in [0.25, 0.3) is 0 Å². The van der Waals surface area contributed by atoms with Gasteiger partial charge in [0, 0.05) is 38.2 Å². The molecule has 0 fully saturated rings. The Morgan fingerprint density at radius 1 is 0.276 bits per heavy atom. The lowest BCUT2D eigenvalue weighted by atomic mass is 9.91. The maximum atomic E-state index is 6.31. The molecule has 3 heterocycles. The second-order valence-electron chi connectivity index (χ2n) is 14.7. The summed E-state index contributed by atoms with van der Waals surface area (Å²) in [4.78, 5) is 15.7. The third-order valence-electron chi connectivity index (χ3n) is 11.3. The predicted octanol–water partition coefficient (Wildman–Crippen LogP) is 14.3. The lowest BCUT2D eigenvalue weighted by molar-refractivity contribution is 0.668. The number of para-hydroxylation sites is 2. The molecule has 5 heteroatoms. The van der Waals surface area contributed by atoms with Crippen LogP contribution in [0.15, 0.2) is 197 Å². The van der Waals surface area contributed by atoms with Crippen LogP contribution in [0, 0.1) is 0 Å². The Labute approximate surface area is 332 Å². The number of benzene rings is 9. The van der Waals surface area contributed by atoms with E-state index in [0.29, 0.717) is 17.5 Å². The molecule has 0 atom stereocenters. The monoisotopic (exact) mass is 741 g/mol. The van der Waals surface area contributed by atoms with E-state index in [4.69, 9.17) is 23.8 Å². The molecule has 0 radical (unpaired) electrons. The van der Waals surface area contributed by atoms with E-state index >= 15 is 0 Å². The van der Waals surface area contributed by atoms with Crippen molar-refractivity contribution in [2.75, 3.05) is 0 Å². The third-order valence-corrected chi connectivity index (χ3v) is 11.3. The molecule has 0 unspecified atom stereocenters. The van der Waals surface area contributed by atoms with Crippen molar-refractivity contribution < 1.29 is 8.83 Å². The molecule has 0 bridgehead atoms. The van der Waals surface area contributed by atoms with Gasteiger partial charge in [-0.05, 0) is 86.3 Å². The molecule has 3 aromatic heterocycles. The molecule has 12 aromatic rings. The zero-order valence-electron chi connectivity index (χ0n) is 31.1. The summed E-state index contributed by atoms with van der Waals surface area (Å²) in [6, 6.07) is 65.3. The zero-order valence-corrected chi connectivity index (χ0v) is 31.1.